The van der Waals surface area contributed by atoms with Crippen LogP contribution in [0.4, 0.5) is 5.69 Å². The summed E-state index contributed by atoms with van der Waals surface area (Å²) in [4.78, 5) is 12.1. The number of sulfone groups is 1. The van der Waals surface area contributed by atoms with Crippen molar-refractivity contribution >= 4 is 31.5 Å². The predicted octanol–water partition coefficient (Wildman–Crippen LogP) is 0.700. The van der Waals surface area contributed by atoms with Gasteiger partial charge in [0.2, 0.25) is 15.9 Å². The van der Waals surface area contributed by atoms with Crippen LogP contribution in [0, 0.1) is 5.92 Å². The molecular formula is C14H20N2O5S2. The van der Waals surface area contributed by atoms with Crippen LogP contribution in [0.1, 0.15) is 12.8 Å². The minimum Gasteiger partial charge on any atom is -0.326 e. The second kappa shape index (κ2) is 6.58. The summed E-state index contributed by atoms with van der Waals surface area (Å²) in [6.45, 7) is 0. The molecule has 1 aromatic carbocycles. The van der Waals surface area contributed by atoms with Crippen LogP contribution in [0.2, 0.25) is 0 Å². The van der Waals surface area contributed by atoms with Crippen LogP contribution < -0.4 is 5.32 Å². The van der Waals surface area contributed by atoms with Crippen LogP contribution in [-0.2, 0) is 24.7 Å². The normalized spacial score (nSPS) is 20.6. The molecule has 1 atom stereocenters. The highest BCUT2D eigenvalue weighted by molar-refractivity contribution is 7.91. The molecule has 0 aliphatic carbocycles. The van der Waals surface area contributed by atoms with Crippen molar-refractivity contribution in [3.05, 3.63) is 24.3 Å². The van der Waals surface area contributed by atoms with E-state index in [0.29, 0.717) is 12.1 Å². The van der Waals surface area contributed by atoms with Crippen molar-refractivity contribution in [2.24, 2.45) is 5.92 Å². The van der Waals surface area contributed by atoms with Crippen molar-refractivity contribution in [2.45, 2.75) is 17.7 Å². The molecule has 0 bridgehead atoms. The van der Waals surface area contributed by atoms with Gasteiger partial charge in [-0.25, -0.2) is 21.1 Å². The van der Waals surface area contributed by atoms with Crippen molar-refractivity contribution in [2.75, 3.05) is 30.9 Å². The Labute approximate surface area is 136 Å². The largest absolute Gasteiger partial charge is 0.326 e. The predicted molar refractivity (Wildman–Crippen MR) is 87.3 cm³/mol. The van der Waals surface area contributed by atoms with Gasteiger partial charge in [0, 0.05) is 26.2 Å². The average Bonchev–Trinajstić information content (AvgIpc) is 2.78. The van der Waals surface area contributed by atoms with Gasteiger partial charge < -0.3 is 5.32 Å². The van der Waals surface area contributed by atoms with E-state index in [9.17, 15) is 21.6 Å². The zero-order valence-electron chi connectivity index (χ0n) is 13.0. The molecule has 1 heterocycles. The fourth-order valence-corrected chi connectivity index (χ4v) is 5.19. The third kappa shape index (κ3) is 4.52. The third-order valence-corrected chi connectivity index (χ3v) is 7.38. The van der Waals surface area contributed by atoms with E-state index in [4.69, 9.17) is 0 Å². The Bertz CT molecular complexity index is 783. The van der Waals surface area contributed by atoms with Crippen LogP contribution in [0.3, 0.4) is 0 Å². The molecule has 0 radical (unpaired) electrons. The maximum absolute atomic E-state index is 11.9. The number of nitrogens with one attached hydrogen (secondary N) is 1. The zero-order valence-corrected chi connectivity index (χ0v) is 14.7. The first-order valence-corrected chi connectivity index (χ1v) is 10.4. The number of rotatable bonds is 5. The molecule has 1 fully saturated rings. The molecule has 1 aliphatic rings. The van der Waals surface area contributed by atoms with Gasteiger partial charge in [-0.15, -0.1) is 0 Å². The van der Waals surface area contributed by atoms with Gasteiger partial charge in [0.1, 0.15) is 0 Å². The number of benzene rings is 1. The quantitative estimate of drug-likeness (QED) is 0.833. The van der Waals surface area contributed by atoms with Crippen LogP contribution >= 0.6 is 0 Å². The molecule has 7 nitrogen and oxygen atoms in total. The minimum atomic E-state index is -3.50. The van der Waals surface area contributed by atoms with Gasteiger partial charge in [0.25, 0.3) is 0 Å². The van der Waals surface area contributed by atoms with E-state index in [0.717, 1.165) is 4.31 Å². The molecule has 0 unspecified atom stereocenters. The fourth-order valence-electron chi connectivity index (χ4n) is 2.43. The molecule has 9 heteroatoms. The van der Waals surface area contributed by atoms with E-state index in [1.807, 2.05) is 0 Å². The molecule has 1 aliphatic heterocycles. The van der Waals surface area contributed by atoms with Gasteiger partial charge in [-0.1, -0.05) is 0 Å². The van der Waals surface area contributed by atoms with Crippen LogP contribution in [0.5, 0.6) is 0 Å². The Kier molecular flexibility index (Phi) is 5.12. The summed E-state index contributed by atoms with van der Waals surface area (Å²) in [6, 6.07) is 5.87. The Hall–Kier alpha value is -1.45. The van der Waals surface area contributed by atoms with E-state index in [1.165, 1.54) is 38.4 Å². The number of sulfonamides is 1. The molecule has 128 valence electrons. The van der Waals surface area contributed by atoms with Gasteiger partial charge in [-0.05, 0) is 36.6 Å². The molecule has 2 rings (SSSR count). The summed E-state index contributed by atoms with van der Waals surface area (Å²) in [5.74, 6) is -0.216. The van der Waals surface area contributed by atoms with Gasteiger partial charge in [0.05, 0.1) is 16.4 Å². The number of carbonyl (C=O) groups excluding carboxylic acids is 1. The summed E-state index contributed by atoms with van der Waals surface area (Å²) in [5, 5.41) is 2.66. The molecule has 0 spiro atoms. The fraction of sp³-hybridized carbons (Fsp3) is 0.500. The Morgan fingerprint density at radius 3 is 2.35 bits per heavy atom. The zero-order chi connectivity index (χ0) is 17.3. The highest BCUT2D eigenvalue weighted by Crippen LogP contribution is 2.22. The lowest BCUT2D eigenvalue weighted by Gasteiger charge is -2.12. The summed E-state index contributed by atoms with van der Waals surface area (Å²) in [7, 11) is -3.61. The molecule has 1 N–H and O–H groups in total. The van der Waals surface area contributed by atoms with Gasteiger partial charge in [-0.3, -0.25) is 4.79 Å². The topological polar surface area (TPSA) is 101 Å². The lowest BCUT2D eigenvalue weighted by Crippen LogP contribution is -2.22. The Morgan fingerprint density at radius 1 is 1.26 bits per heavy atom. The molecular weight excluding hydrogens is 340 g/mol. The number of amides is 1. The van der Waals surface area contributed by atoms with Gasteiger partial charge in [0.15, 0.2) is 9.84 Å². The van der Waals surface area contributed by atoms with Gasteiger partial charge in [-0.2, -0.15) is 0 Å². The van der Waals surface area contributed by atoms with Crippen molar-refractivity contribution in [3.63, 3.8) is 0 Å². The number of hydrogen-bond acceptors (Lipinski definition) is 5. The first-order valence-electron chi connectivity index (χ1n) is 7.13. The smallest absolute Gasteiger partial charge is 0.242 e. The lowest BCUT2D eigenvalue weighted by atomic mass is 10.1. The molecule has 1 amide bonds. The number of hydrogen-bond donors (Lipinski definition) is 1. The number of anilines is 1. The molecule has 1 aromatic rings. The van der Waals surface area contributed by atoms with Gasteiger partial charge >= 0.3 is 0 Å². The van der Waals surface area contributed by atoms with Crippen LogP contribution in [0.25, 0.3) is 0 Å². The highest BCUT2D eigenvalue weighted by Gasteiger charge is 2.29. The average molecular weight is 360 g/mol. The summed E-state index contributed by atoms with van der Waals surface area (Å²) < 4.78 is 47.7. The van der Waals surface area contributed by atoms with Crippen molar-refractivity contribution in [3.8, 4) is 0 Å². The molecule has 0 aromatic heterocycles. The molecule has 0 saturated carbocycles. The first-order chi connectivity index (χ1) is 10.6. The van der Waals surface area contributed by atoms with Crippen LogP contribution in [-0.4, -0.2) is 52.6 Å². The molecule has 23 heavy (non-hydrogen) atoms. The van der Waals surface area contributed by atoms with Crippen molar-refractivity contribution < 1.29 is 21.6 Å². The standard InChI is InChI=1S/C14H20N2O5S2/c1-16(2)23(20,21)13-5-3-12(4-6-13)15-14(17)9-11-7-8-22(18,19)10-11/h3-6,11H,7-10H2,1-2H3,(H,15,17)/t11-/m1/s1. The third-order valence-electron chi connectivity index (χ3n) is 3.72. The maximum atomic E-state index is 11.9. The Balaban J connectivity index is 1.97. The SMILES string of the molecule is CN(C)S(=O)(=O)c1ccc(NC(=O)C[C@H]2CCS(=O)(=O)C2)cc1. The summed E-state index contributed by atoms with van der Waals surface area (Å²) in [5.41, 5.74) is 0.480. The summed E-state index contributed by atoms with van der Waals surface area (Å²) >= 11 is 0. The van der Waals surface area contributed by atoms with E-state index < -0.39 is 19.9 Å². The van der Waals surface area contributed by atoms with E-state index >= 15 is 0 Å². The number of carbonyl (C=O) groups is 1. The van der Waals surface area contributed by atoms with E-state index in [1.54, 1.807) is 0 Å². The maximum Gasteiger partial charge on any atom is 0.242 e. The van der Waals surface area contributed by atoms with E-state index in [2.05, 4.69) is 5.32 Å². The second-order valence-corrected chi connectivity index (χ2v) is 10.2. The van der Waals surface area contributed by atoms with Crippen LogP contribution in [0.15, 0.2) is 29.2 Å². The lowest BCUT2D eigenvalue weighted by molar-refractivity contribution is -0.116. The minimum absolute atomic E-state index is 0.0560. The Morgan fingerprint density at radius 2 is 1.87 bits per heavy atom. The van der Waals surface area contributed by atoms with E-state index in [-0.39, 0.29) is 34.6 Å². The van der Waals surface area contributed by atoms with Crippen molar-refractivity contribution in [1.29, 1.82) is 0 Å². The van der Waals surface area contributed by atoms with Crippen molar-refractivity contribution in [1.82, 2.24) is 4.31 Å². The highest BCUT2D eigenvalue weighted by atomic mass is 32.2. The monoisotopic (exact) mass is 360 g/mol. The number of nitrogens with zero attached hydrogens (tertiary/aromatic N) is 1. The first kappa shape index (κ1) is 17.9. The second-order valence-electron chi connectivity index (χ2n) is 5.83. The summed E-state index contributed by atoms with van der Waals surface area (Å²) in [6.07, 6.45) is 0.659. The molecule has 1 saturated heterocycles.